The Balaban J connectivity index is 2.33. The molecule has 0 saturated carbocycles. The predicted molar refractivity (Wildman–Crippen MR) is 89.0 cm³/mol. The van der Waals surface area contributed by atoms with Crippen LogP contribution < -0.4 is 10.0 Å². The SMILES string of the molecule is CCC[C@](C)(NS(=O)(=O)c1ccc2c(c1)CCC(=O)N2)C(=O)OC. The summed E-state index contributed by atoms with van der Waals surface area (Å²) in [5.41, 5.74) is 0.0501. The lowest BCUT2D eigenvalue weighted by atomic mass is 9.98. The number of anilines is 1. The molecule has 1 amide bonds. The molecule has 1 atom stereocenters. The summed E-state index contributed by atoms with van der Waals surface area (Å²) < 4.78 is 32.6. The molecule has 0 aliphatic carbocycles. The number of aryl methyl sites for hydroxylation is 1. The molecule has 0 unspecified atom stereocenters. The number of amides is 1. The number of nitrogens with one attached hydrogen (secondary N) is 2. The van der Waals surface area contributed by atoms with Gasteiger partial charge in [-0.1, -0.05) is 13.3 Å². The molecule has 1 aliphatic heterocycles. The Morgan fingerprint density at radius 2 is 2.08 bits per heavy atom. The lowest BCUT2D eigenvalue weighted by Crippen LogP contribution is -2.52. The summed E-state index contributed by atoms with van der Waals surface area (Å²) in [6, 6.07) is 4.51. The Hall–Kier alpha value is -1.93. The summed E-state index contributed by atoms with van der Waals surface area (Å²) in [4.78, 5) is 23.4. The number of benzene rings is 1. The normalized spacial score (nSPS) is 16.7. The molecule has 0 radical (unpaired) electrons. The smallest absolute Gasteiger partial charge is 0.326 e. The Bertz CT molecular complexity index is 760. The first-order chi connectivity index (χ1) is 11.2. The molecule has 1 heterocycles. The maximum absolute atomic E-state index is 12.7. The fraction of sp³-hybridized carbons (Fsp3) is 0.500. The molecule has 1 aliphatic rings. The number of carbonyl (C=O) groups excluding carboxylic acids is 2. The molecule has 7 nitrogen and oxygen atoms in total. The van der Waals surface area contributed by atoms with Gasteiger partial charge in [-0.2, -0.15) is 4.72 Å². The van der Waals surface area contributed by atoms with E-state index in [-0.39, 0.29) is 10.8 Å². The highest BCUT2D eigenvalue weighted by Gasteiger charge is 2.38. The second-order valence-corrected chi connectivity index (χ2v) is 7.73. The molecule has 2 rings (SSSR count). The highest BCUT2D eigenvalue weighted by Crippen LogP contribution is 2.26. The van der Waals surface area contributed by atoms with Crippen LogP contribution in [0.25, 0.3) is 0 Å². The Morgan fingerprint density at radius 1 is 1.38 bits per heavy atom. The summed E-state index contributed by atoms with van der Waals surface area (Å²) in [7, 11) is -2.68. The van der Waals surface area contributed by atoms with Crippen LogP contribution in [0.4, 0.5) is 5.69 Å². The average molecular weight is 354 g/mol. The van der Waals surface area contributed by atoms with Crippen LogP contribution in [0.15, 0.2) is 23.1 Å². The second kappa shape index (κ2) is 6.90. The number of fused-ring (bicyclic) bond motifs is 1. The van der Waals surface area contributed by atoms with Crippen LogP contribution in [0.3, 0.4) is 0 Å². The van der Waals surface area contributed by atoms with E-state index < -0.39 is 21.5 Å². The second-order valence-electron chi connectivity index (χ2n) is 6.05. The first kappa shape index (κ1) is 18.4. The Labute approximate surface area is 141 Å². The topological polar surface area (TPSA) is 102 Å². The van der Waals surface area contributed by atoms with Gasteiger partial charge < -0.3 is 10.1 Å². The molecule has 8 heteroatoms. The van der Waals surface area contributed by atoms with Crippen molar-refractivity contribution in [2.75, 3.05) is 12.4 Å². The third-order valence-electron chi connectivity index (χ3n) is 4.03. The van der Waals surface area contributed by atoms with E-state index in [1.165, 1.54) is 26.2 Å². The monoisotopic (exact) mass is 354 g/mol. The lowest BCUT2D eigenvalue weighted by Gasteiger charge is -2.27. The number of hydrogen-bond acceptors (Lipinski definition) is 5. The van der Waals surface area contributed by atoms with Gasteiger partial charge in [0.25, 0.3) is 0 Å². The van der Waals surface area contributed by atoms with E-state index in [1.54, 1.807) is 6.07 Å². The molecule has 2 N–H and O–H groups in total. The fourth-order valence-corrected chi connectivity index (χ4v) is 4.24. The maximum Gasteiger partial charge on any atom is 0.326 e. The van der Waals surface area contributed by atoms with Gasteiger partial charge >= 0.3 is 5.97 Å². The predicted octanol–water partition coefficient (Wildman–Crippen LogP) is 1.58. The molecule has 0 bridgehead atoms. The number of ether oxygens (including phenoxy) is 1. The van der Waals surface area contributed by atoms with Gasteiger partial charge in [-0.15, -0.1) is 0 Å². The molecular formula is C16H22N2O5S. The molecular weight excluding hydrogens is 332 g/mol. The van der Waals surface area contributed by atoms with Crippen LogP contribution in [0, 0.1) is 0 Å². The summed E-state index contributed by atoms with van der Waals surface area (Å²) in [5.74, 6) is -0.712. The molecule has 1 aromatic rings. The van der Waals surface area contributed by atoms with Crippen LogP contribution in [-0.4, -0.2) is 32.9 Å². The Kier molecular flexibility index (Phi) is 5.29. The quantitative estimate of drug-likeness (QED) is 0.755. The van der Waals surface area contributed by atoms with Gasteiger partial charge in [-0.25, -0.2) is 8.42 Å². The van der Waals surface area contributed by atoms with Gasteiger partial charge in [0.2, 0.25) is 15.9 Å². The van der Waals surface area contributed by atoms with Gasteiger partial charge in [0.1, 0.15) is 5.54 Å². The summed E-state index contributed by atoms with van der Waals surface area (Å²) >= 11 is 0. The third kappa shape index (κ3) is 3.76. The van der Waals surface area contributed by atoms with Crippen molar-refractivity contribution in [3.63, 3.8) is 0 Å². The van der Waals surface area contributed by atoms with E-state index in [0.717, 1.165) is 5.56 Å². The van der Waals surface area contributed by atoms with Gasteiger partial charge in [-0.3, -0.25) is 9.59 Å². The zero-order chi connectivity index (χ0) is 18.0. The minimum atomic E-state index is -3.91. The summed E-state index contributed by atoms with van der Waals surface area (Å²) in [6.07, 6.45) is 1.73. The number of sulfonamides is 1. The summed E-state index contributed by atoms with van der Waals surface area (Å²) in [5, 5.41) is 2.71. The first-order valence-corrected chi connectivity index (χ1v) is 9.25. The minimum absolute atomic E-state index is 0.0589. The number of hydrogen-bond donors (Lipinski definition) is 2. The largest absolute Gasteiger partial charge is 0.468 e. The van der Waals surface area contributed by atoms with Crippen molar-refractivity contribution in [1.82, 2.24) is 4.72 Å². The van der Waals surface area contributed by atoms with Crippen molar-refractivity contribution in [3.05, 3.63) is 23.8 Å². The van der Waals surface area contributed by atoms with Crippen LogP contribution in [-0.2, 0) is 30.8 Å². The number of carbonyl (C=O) groups is 2. The molecule has 24 heavy (non-hydrogen) atoms. The van der Waals surface area contributed by atoms with Gasteiger partial charge in [-0.05, 0) is 43.5 Å². The molecule has 0 fully saturated rings. The Morgan fingerprint density at radius 3 is 2.71 bits per heavy atom. The van der Waals surface area contributed by atoms with E-state index in [1.807, 2.05) is 6.92 Å². The number of esters is 1. The van der Waals surface area contributed by atoms with Crippen molar-refractivity contribution in [3.8, 4) is 0 Å². The van der Waals surface area contributed by atoms with Crippen LogP contribution in [0.5, 0.6) is 0 Å². The zero-order valence-corrected chi connectivity index (χ0v) is 14.8. The van der Waals surface area contributed by atoms with E-state index in [0.29, 0.717) is 31.4 Å². The third-order valence-corrected chi connectivity index (χ3v) is 5.62. The van der Waals surface area contributed by atoms with Gasteiger partial charge in [0, 0.05) is 12.1 Å². The maximum atomic E-state index is 12.7. The highest BCUT2D eigenvalue weighted by molar-refractivity contribution is 7.89. The summed E-state index contributed by atoms with van der Waals surface area (Å²) in [6.45, 7) is 3.37. The first-order valence-electron chi connectivity index (χ1n) is 7.77. The van der Waals surface area contributed by atoms with E-state index >= 15 is 0 Å². The number of methoxy groups -OCH3 is 1. The lowest BCUT2D eigenvalue weighted by molar-refractivity contribution is -0.147. The van der Waals surface area contributed by atoms with Crippen LogP contribution in [0.2, 0.25) is 0 Å². The average Bonchev–Trinajstić information content (AvgIpc) is 2.53. The zero-order valence-electron chi connectivity index (χ0n) is 14.0. The van der Waals surface area contributed by atoms with Gasteiger partial charge in [0.05, 0.1) is 12.0 Å². The van der Waals surface area contributed by atoms with Crippen molar-refractivity contribution in [1.29, 1.82) is 0 Å². The van der Waals surface area contributed by atoms with Crippen molar-refractivity contribution < 1.29 is 22.7 Å². The number of rotatable bonds is 6. The molecule has 132 valence electrons. The van der Waals surface area contributed by atoms with E-state index in [9.17, 15) is 18.0 Å². The van der Waals surface area contributed by atoms with E-state index in [2.05, 4.69) is 10.0 Å². The van der Waals surface area contributed by atoms with Crippen molar-refractivity contribution >= 4 is 27.6 Å². The highest BCUT2D eigenvalue weighted by atomic mass is 32.2. The molecule has 0 saturated heterocycles. The van der Waals surface area contributed by atoms with Crippen LogP contribution >= 0.6 is 0 Å². The molecule has 0 aromatic heterocycles. The van der Waals surface area contributed by atoms with Crippen LogP contribution in [0.1, 0.15) is 38.7 Å². The standard InChI is InChI=1S/C16H22N2O5S/c1-4-9-16(2,15(20)23-3)18-24(21,22)12-6-7-13-11(10-12)5-8-14(19)17-13/h6-7,10,18H,4-5,8-9H2,1-3H3,(H,17,19)/t16-/m0/s1. The fourth-order valence-electron chi connectivity index (χ4n) is 2.80. The van der Waals surface area contributed by atoms with Crippen molar-refractivity contribution in [2.45, 2.75) is 50.0 Å². The molecule has 0 spiro atoms. The van der Waals surface area contributed by atoms with Crippen molar-refractivity contribution in [2.24, 2.45) is 0 Å². The minimum Gasteiger partial charge on any atom is -0.468 e. The van der Waals surface area contributed by atoms with Gasteiger partial charge in [0.15, 0.2) is 0 Å². The molecule has 1 aromatic carbocycles. The van der Waals surface area contributed by atoms with E-state index in [4.69, 9.17) is 4.74 Å².